The number of hydrogen-bond acceptors (Lipinski definition) is 3. The molecule has 0 unspecified atom stereocenters. The molecule has 3 aromatic carbocycles. The maximum atomic E-state index is 12.6. The minimum Gasteiger partial charge on any atom is -0.280 e. The maximum Gasteiger partial charge on any atom is 0.261 e. The van der Waals surface area contributed by atoms with E-state index < -0.39 is 15.3 Å². The van der Waals surface area contributed by atoms with Gasteiger partial charge in [0.05, 0.1) is 4.90 Å². The quantitative estimate of drug-likeness (QED) is 0.473. The number of rotatable bonds is 6. The van der Waals surface area contributed by atoms with Gasteiger partial charge in [0.25, 0.3) is 10.0 Å². The number of benzene rings is 3. The van der Waals surface area contributed by atoms with Gasteiger partial charge >= 0.3 is 0 Å². The Morgan fingerprint density at radius 1 is 0.852 bits per heavy atom. The van der Waals surface area contributed by atoms with Crippen molar-refractivity contribution >= 4 is 38.6 Å². The number of carbonyl (C=O) groups is 1. The van der Waals surface area contributed by atoms with Crippen molar-refractivity contribution in [1.82, 2.24) is 0 Å². The van der Waals surface area contributed by atoms with Crippen molar-refractivity contribution < 1.29 is 13.2 Å². The van der Waals surface area contributed by atoms with Crippen LogP contribution >= 0.6 is 11.6 Å². The van der Waals surface area contributed by atoms with Crippen LogP contribution in [0.2, 0.25) is 0 Å². The van der Waals surface area contributed by atoms with Gasteiger partial charge in [-0.25, -0.2) is 8.42 Å². The molecule has 0 spiro atoms. The van der Waals surface area contributed by atoms with Crippen LogP contribution in [-0.4, -0.2) is 13.7 Å². The molecule has 3 rings (SSSR count). The summed E-state index contributed by atoms with van der Waals surface area (Å²) in [6.07, 6.45) is 2.63. The molecule has 0 heterocycles. The molecule has 3 aromatic rings. The molecule has 0 saturated carbocycles. The van der Waals surface area contributed by atoms with E-state index in [1.54, 1.807) is 24.3 Å². The van der Waals surface area contributed by atoms with E-state index in [1.807, 2.05) is 42.5 Å². The van der Waals surface area contributed by atoms with E-state index in [2.05, 4.69) is 4.72 Å². The fraction of sp³-hybridized carbons (Fsp3) is 0. The zero-order valence-electron chi connectivity index (χ0n) is 14.2. The first kappa shape index (κ1) is 18.9. The molecule has 0 aromatic heterocycles. The van der Waals surface area contributed by atoms with Crippen LogP contribution in [0.5, 0.6) is 0 Å². The van der Waals surface area contributed by atoms with Crippen LogP contribution in [0.1, 0.15) is 5.56 Å². The third-order valence-corrected chi connectivity index (χ3v) is 5.32. The van der Waals surface area contributed by atoms with Crippen LogP contribution in [-0.2, 0) is 14.8 Å². The Morgan fingerprint density at radius 2 is 1.52 bits per heavy atom. The third-order valence-electron chi connectivity index (χ3n) is 3.82. The lowest BCUT2D eigenvalue weighted by molar-refractivity contribution is -0.107. The topological polar surface area (TPSA) is 63.2 Å². The highest BCUT2D eigenvalue weighted by Crippen LogP contribution is 2.23. The molecular formula is C21H16ClNO3S. The number of sulfonamides is 1. The Morgan fingerprint density at radius 3 is 2.19 bits per heavy atom. The fourth-order valence-electron chi connectivity index (χ4n) is 2.52. The van der Waals surface area contributed by atoms with Crippen LogP contribution in [0.15, 0.2) is 89.8 Å². The van der Waals surface area contributed by atoms with E-state index in [0.29, 0.717) is 11.3 Å². The van der Waals surface area contributed by atoms with E-state index in [-0.39, 0.29) is 4.90 Å². The van der Waals surface area contributed by atoms with Crippen molar-refractivity contribution in [2.24, 2.45) is 0 Å². The first-order valence-electron chi connectivity index (χ1n) is 8.10. The van der Waals surface area contributed by atoms with Crippen LogP contribution in [0.25, 0.3) is 17.2 Å². The van der Waals surface area contributed by atoms with Crippen LogP contribution in [0.4, 0.5) is 5.69 Å². The van der Waals surface area contributed by atoms with Crippen molar-refractivity contribution in [2.45, 2.75) is 4.90 Å². The summed E-state index contributed by atoms with van der Waals surface area (Å²) in [6.45, 7) is 0. The molecule has 0 aliphatic carbocycles. The molecule has 27 heavy (non-hydrogen) atoms. The second-order valence-corrected chi connectivity index (χ2v) is 7.81. The van der Waals surface area contributed by atoms with Crippen molar-refractivity contribution in [2.75, 3.05) is 4.72 Å². The highest BCUT2D eigenvalue weighted by molar-refractivity contribution is 7.92. The molecule has 0 aliphatic rings. The fourth-order valence-corrected chi connectivity index (χ4v) is 3.70. The maximum absolute atomic E-state index is 12.6. The smallest absolute Gasteiger partial charge is 0.261 e. The van der Waals surface area contributed by atoms with Gasteiger partial charge in [-0.1, -0.05) is 60.7 Å². The van der Waals surface area contributed by atoms with Gasteiger partial charge in [0.15, 0.2) is 0 Å². The molecule has 0 fully saturated rings. The van der Waals surface area contributed by atoms with Gasteiger partial charge < -0.3 is 0 Å². The molecule has 0 saturated heterocycles. The molecule has 6 heteroatoms. The Hall–Kier alpha value is -2.89. The van der Waals surface area contributed by atoms with Crippen molar-refractivity contribution in [3.05, 3.63) is 90.5 Å². The van der Waals surface area contributed by atoms with Gasteiger partial charge in [0, 0.05) is 5.69 Å². The largest absolute Gasteiger partial charge is 0.280 e. The number of halogens is 1. The number of allylic oxidation sites excluding steroid dienone is 1. The van der Waals surface area contributed by atoms with Crippen LogP contribution in [0.3, 0.4) is 0 Å². The lowest BCUT2D eigenvalue weighted by Gasteiger charge is -2.10. The summed E-state index contributed by atoms with van der Waals surface area (Å²) in [4.78, 5) is 10.9. The van der Waals surface area contributed by atoms with E-state index >= 15 is 0 Å². The van der Waals surface area contributed by atoms with Crippen LogP contribution in [0, 0.1) is 0 Å². The normalized spacial score (nSPS) is 11.4. The molecule has 0 aliphatic heterocycles. The summed E-state index contributed by atoms with van der Waals surface area (Å²) >= 11 is 5.27. The standard InChI is InChI=1S/C21H16ClNO3S/c22-21(24)14-9-16-5-4-8-20(15-16)27(25,26)23-19-12-10-18(11-13-19)17-6-2-1-3-7-17/h1-15,23H. The molecule has 1 N–H and O–H groups in total. The number of anilines is 1. The van der Waals surface area contributed by atoms with E-state index in [9.17, 15) is 13.2 Å². The van der Waals surface area contributed by atoms with E-state index in [1.165, 1.54) is 24.3 Å². The molecule has 0 amide bonds. The summed E-state index contributed by atoms with van der Waals surface area (Å²) in [5.41, 5.74) is 3.08. The van der Waals surface area contributed by atoms with Gasteiger partial charge in [-0.05, 0) is 58.6 Å². The summed E-state index contributed by atoms with van der Waals surface area (Å²) in [6, 6.07) is 23.2. The molecule has 0 bridgehead atoms. The van der Waals surface area contributed by atoms with Crippen molar-refractivity contribution in [1.29, 1.82) is 0 Å². The molecule has 0 atom stereocenters. The lowest BCUT2D eigenvalue weighted by atomic mass is 10.1. The lowest BCUT2D eigenvalue weighted by Crippen LogP contribution is -2.12. The van der Waals surface area contributed by atoms with Gasteiger partial charge in [0.1, 0.15) is 0 Å². The van der Waals surface area contributed by atoms with E-state index in [4.69, 9.17) is 11.6 Å². The Bertz CT molecular complexity index is 1080. The SMILES string of the molecule is O=C(Cl)C=Cc1cccc(S(=O)(=O)Nc2ccc(-c3ccccc3)cc2)c1. The van der Waals surface area contributed by atoms with Crippen molar-refractivity contribution in [3.8, 4) is 11.1 Å². The number of hydrogen-bond donors (Lipinski definition) is 1. The van der Waals surface area contributed by atoms with Crippen LogP contribution < -0.4 is 4.72 Å². The zero-order valence-corrected chi connectivity index (χ0v) is 15.7. The summed E-state index contributed by atoms with van der Waals surface area (Å²) < 4.78 is 27.8. The number of carbonyl (C=O) groups excluding carboxylic acids is 1. The second-order valence-electron chi connectivity index (χ2n) is 5.76. The first-order chi connectivity index (χ1) is 12.9. The van der Waals surface area contributed by atoms with Gasteiger partial charge in [-0.15, -0.1) is 0 Å². The number of nitrogens with one attached hydrogen (secondary N) is 1. The minimum absolute atomic E-state index is 0.0961. The van der Waals surface area contributed by atoms with Gasteiger partial charge in [-0.3, -0.25) is 9.52 Å². The predicted octanol–water partition coefficient (Wildman–Crippen LogP) is 4.93. The minimum atomic E-state index is -3.75. The summed E-state index contributed by atoms with van der Waals surface area (Å²) in [5.74, 6) is 0. The first-order valence-corrected chi connectivity index (χ1v) is 9.96. The Kier molecular flexibility index (Phi) is 5.74. The van der Waals surface area contributed by atoms with Gasteiger partial charge in [0.2, 0.25) is 5.24 Å². The Balaban J connectivity index is 1.80. The third kappa shape index (κ3) is 5.06. The average molecular weight is 398 g/mol. The highest BCUT2D eigenvalue weighted by atomic mass is 35.5. The zero-order chi connectivity index (χ0) is 19.3. The summed E-state index contributed by atoms with van der Waals surface area (Å²) in [7, 11) is -3.75. The molecule has 0 radical (unpaired) electrons. The average Bonchev–Trinajstić information content (AvgIpc) is 2.68. The molecule has 136 valence electrons. The molecular weight excluding hydrogens is 382 g/mol. The Labute approximate surface area is 163 Å². The predicted molar refractivity (Wildman–Crippen MR) is 109 cm³/mol. The molecule has 4 nitrogen and oxygen atoms in total. The second kappa shape index (κ2) is 8.20. The van der Waals surface area contributed by atoms with E-state index in [0.717, 1.165) is 11.1 Å². The van der Waals surface area contributed by atoms with Crippen molar-refractivity contribution in [3.63, 3.8) is 0 Å². The highest BCUT2D eigenvalue weighted by Gasteiger charge is 2.14. The summed E-state index contributed by atoms with van der Waals surface area (Å²) in [5, 5.41) is -0.625. The monoisotopic (exact) mass is 397 g/mol. The van der Waals surface area contributed by atoms with Gasteiger partial charge in [-0.2, -0.15) is 0 Å².